The first-order valence-corrected chi connectivity index (χ1v) is 7.04. The maximum absolute atomic E-state index is 12.0. The minimum absolute atomic E-state index is 0.271. The lowest BCUT2D eigenvalue weighted by Gasteiger charge is -2.26. The van der Waals surface area contributed by atoms with Crippen molar-refractivity contribution >= 4 is 12.1 Å². The van der Waals surface area contributed by atoms with Gasteiger partial charge in [-0.2, -0.15) is 0 Å². The highest BCUT2D eigenvalue weighted by Gasteiger charge is 2.23. The summed E-state index contributed by atoms with van der Waals surface area (Å²) >= 11 is 0. The summed E-state index contributed by atoms with van der Waals surface area (Å²) in [6.07, 6.45) is -0.0836. The summed E-state index contributed by atoms with van der Waals surface area (Å²) in [6, 6.07) is 7.41. The zero-order valence-electron chi connectivity index (χ0n) is 13.5. The van der Waals surface area contributed by atoms with Gasteiger partial charge in [0.2, 0.25) is 0 Å². The zero-order chi connectivity index (χ0) is 16.8. The predicted octanol–water partition coefficient (Wildman–Crippen LogP) is 2.56. The molecule has 22 heavy (non-hydrogen) atoms. The number of carboxylic acid groups (broad SMARTS) is 1. The molecule has 0 aliphatic carbocycles. The highest BCUT2D eigenvalue weighted by atomic mass is 16.6. The van der Waals surface area contributed by atoms with E-state index in [9.17, 15) is 9.59 Å². The van der Waals surface area contributed by atoms with Gasteiger partial charge < -0.3 is 14.6 Å². The quantitative estimate of drug-likeness (QED) is 0.874. The minimum atomic E-state index is -1.07. The van der Waals surface area contributed by atoms with E-state index in [1.54, 1.807) is 27.9 Å². The van der Waals surface area contributed by atoms with E-state index in [0.29, 0.717) is 6.42 Å². The van der Waals surface area contributed by atoms with E-state index in [0.717, 1.165) is 11.3 Å². The lowest BCUT2D eigenvalue weighted by molar-refractivity contribution is -0.138. The Hall–Kier alpha value is -2.24. The van der Waals surface area contributed by atoms with Crippen LogP contribution in [0.2, 0.25) is 0 Å². The second kappa shape index (κ2) is 7.68. The molecule has 0 heterocycles. The number of carbonyl (C=O) groups is 2. The van der Waals surface area contributed by atoms with Gasteiger partial charge in [-0.1, -0.05) is 12.1 Å². The van der Waals surface area contributed by atoms with Crippen LogP contribution in [0.5, 0.6) is 5.75 Å². The van der Waals surface area contributed by atoms with E-state index in [4.69, 9.17) is 14.6 Å². The van der Waals surface area contributed by atoms with Crippen molar-refractivity contribution in [2.24, 2.45) is 0 Å². The normalized spacial score (nSPS) is 10.9. The smallest absolute Gasteiger partial charge is 0.410 e. The van der Waals surface area contributed by atoms with Crippen LogP contribution in [0.4, 0.5) is 4.79 Å². The predicted molar refractivity (Wildman–Crippen MR) is 82.1 cm³/mol. The van der Waals surface area contributed by atoms with Crippen LogP contribution in [0.1, 0.15) is 26.3 Å². The van der Waals surface area contributed by atoms with Gasteiger partial charge in [0, 0.05) is 6.54 Å². The molecular formula is C16H23NO5. The van der Waals surface area contributed by atoms with Gasteiger partial charge in [0.05, 0.1) is 7.11 Å². The van der Waals surface area contributed by atoms with E-state index in [1.807, 2.05) is 24.3 Å². The number of amides is 1. The van der Waals surface area contributed by atoms with Crippen molar-refractivity contribution in [3.8, 4) is 5.75 Å². The summed E-state index contributed by atoms with van der Waals surface area (Å²) < 4.78 is 10.3. The number of aliphatic carboxylic acids is 1. The average molecular weight is 309 g/mol. The molecule has 6 nitrogen and oxygen atoms in total. The first kappa shape index (κ1) is 17.8. The first-order chi connectivity index (χ1) is 10.2. The summed E-state index contributed by atoms with van der Waals surface area (Å²) in [5.74, 6) is -0.320. The number of carbonyl (C=O) groups excluding carboxylic acids is 1. The molecule has 1 aromatic carbocycles. The number of ether oxygens (including phenoxy) is 2. The molecule has 0 saturated heterocycles. The van der Waals surface area contributed by atoms with Gasteiger partial charge in [0.15, 0.2) is 0 Å². The van der Waals surface area contributed by atoms with Gasteiger partial charge in [0.25, 0.3) is 0 Å². The molecule has 0 atom stereocenters. The topological polar surface area (TPSA) is 76.1 Å². The molecule has 1 N–H and O–H groups in total. The number of carboxylic acids is 1. The lowest BCUT2D eigenvalue weighted by Crippen LogP contribution is -2.40. The van der Waals surface area contributed by atoms with Crippen molar-refractivity contribution < 1.29 is 24.2 Å². The summed E-state index contributed by atoms with van der Waals surface area (Å²) in [7, 11) is 1.59. The summed E-state index contributed by atoms with van der Waals surface area (Å²) in [4.78, 5) is 24.1. The molecule has 0 spiro atoms. The van der Waals surface area contributed by atoms with Gasteiger partial charge in [-0.05, 0) is 44.9 Å². The van der Waals surface area contributed by atoms with Gasteiger partial charge in [0.1, 0.15) is 17.9 Å². The fourth-order valence-corrected chi connectivity index (χ4v) is 1.78. The number of hydrogen-bond donors (Lipinski definition) is 1. The summed E-state index contributed by atoms with van der Waals surface area (Å²) in [5.41, 5.74) is 0.327. The third-order valence-electron chi connectivity index (χ3n) is 2.81. The van der Waals surface area contributed by atoms with Crippen LogP contribution in [0, 0.1) is 0 Å². The Kier molecular flexibility index (Phi) is 6.22. The Balaban J connectivity index is 2.67. The maximum Gasteiger partial charge on any atom is 0.410 e. The van der Waals surface area contributed by atoms with Crippen LogP contribution in [-0.4, -0.2) is 47.9 Å². The molecule has 0 saturated carbocycles. The van der Waals surface area contributed by atoms with Crippen LogP contribution in [-0.2, 0) is 16.0 Å². The largest absolute Gasteiger partial charge is 0.497 e. The minimum Gasteiger partial charge on any atom is -0.497 e. The van der Waals surface area contributed by atoms with Crippen LogP contribution < -0.4 is 4.74 Å². The molecule has 0 radical (unpaired) electrons. The van der Waals surface area contributed by atoms with E-state index in [1.165, 1.54) is 4.90 Å². The molecule has 1 rings (SSSR count). The fourth-order valence-electron chi connectivity index (χ4n) is 1.78. The number of methoxy groups -OCH3 is 1. The first-order valence-electron chi connectivity index (χ1n) is 7.04. The molecule has 6 heteroatoms. The van der Waals surface area contributed by atoms with Gasteiger partial charge in [-0.25, -0.2) is 4.79 Å². The van der Waals surface area contributed by atoms with Crippen LogP contribution in [0.25, 0.3) is 0 Å². The molecule has 0 aliphatic heterocycles. The Labute approximate surface area is 130 Å². The second-order valence-electron chi connectivity index (χ2n) is 5.89. The van der Waals surface area contributed by atoms with Crippen molar-refractivity contribution in [3.63, 3.8) is 0 Å². The van der Waals surface area contributed by atoms with Gasteiger partial charge in [-0.15, -0.1) is 0 Å². The van der Waals surface area contributed by atoms with E-state index in [-0.39, 0.29) is 13.1 Å². The van der Waals surface area contributed by atoms with Gasteiger partial charge >= 0.3 is 12.1 Å². The monoisotopic (exact) mass is 309 g/mol. The summed E-state index contributed by atoms with van der Waals surface area (Å²) in [6.45, 7) is 5.12. The number of rotatable bonds is 6. The number of nitrogens with zero attached hydrogens (tertiary/aromatic N) is 1. The molecule has 0 fully saturated rings. The van der Waals surface area contributed by atoms with Crippen LogP contribution >= 0.6 is 0 Å². The van der Waals surface area contributed by atoms with Crippen molar-refractivity contribution in [2.45, 2.75) is 32.8 Å². The Morgan fingerprint density at radius 3 is 2.23 bits per heavy atom. The highest BCUT2D eigenvalue weighted by molar-refractivity contribution is 5.76. The molecule has 1 aromatic rings. The zero-order valence-corrected chi connectivity index (χ0v) is 13.5. The molecule has 122 valence electrons. The van der Waals surface area contributed by atoms with Crippen molar-refractivity contribution in [1.82, 2.24) is 4.90 Å². The van der Waals surface area contributed by atoms with Crippen LogP contribution in [0.3, 0.4) is 0 Å². The molecule has 1 amide bonds. The Morgan fingerprint density at radius 1 is 1.18 bits per heavy atom. The van der Waals surface area contributed by atoms with Crippen molar-refractivity contribution in [2.75, 3.05) is 20.2 Å². The molecule has 0 unspecified atom stereocenters. The van der Waals surface area contributed by atoms with E-state index < -0.39 is 17.7 Å². The molecule has 0 aromatic heterocycles. The Morgan fingerprint density at radius 2 is 1.77 bits per heavy atom. The number of benzene rings is 1. The van der Waals surface area contributed by atoms with E-state index >= 15 is 0 Å². The third kappa shape index (κ3) is 6.47. The second-order valence-corrected chi connectivity index (χ2v) is 5.89. The van der Waals surface area contributed by atoms with Crippen LogP contribution in [0.15, 0.2) is 24.3 Å². The number of hydrogen-bond acceptors (Lipinski definition) is 4. The van der Waals surface area contributed by atoms with Gasteiger partial charge in [-0.3, -0.25) is 9.69 Å². The maximum atomic E-state index is 12.0. The van der Waals surface area contributed by atoms with Crippen molar-refractivity contribution in [3.05, 3.63) is 29.8 Å². The Bertz CT molecular complexity index is 504. The van der Waals surface area contributed by atoms with E-state index in [2.05, 4.69) is 0 Å². The highest BCUT2D eigenvalue weighted by Crippen LogP contribution is 2.13. The molecular weight excluding hydrogens is 286 g/mol. The average Bonchev–Trinajstić information content (AvgIpc) is 2.41. The molecule has 0 aliphatic rings. The third-order valence-corrected chi connectivity index (χ3v) is 2.81. The lowest BCUT2D eigenvalue weighted by atomic mass is 10.1. The summed E-state index contributed by atoms with van der Waals surface area (Å²) in [5, 5.41) is 8.93. The fraction of sp³-hybridized carbons (Fsp3) is 0.500. The SMILES string of the molecule is COc1ccc(CCN(CC(=O)O)C(=O)OC(C)(C)C)cc1. The standard InChI is InChI=1S/C16H23NO5/c1-16(2,3)22-15(20)17(11-14(18)19)10-9-12-5-7-13(21-4)8-6-12/h5-8H,9-11H2,1-4H3,(H,18,19). The van der Waals surface area contributed by atoms with Crippen molar-refractivity contribution in [1.29, 1.82) is 0 Å². The molecule has 0 bridgehead atoms.